The third kappa shape index (κ3) is 7.00. The van der Waals surface area contributed by atoms with Gasteiger partial charge in [-0.2, -0.15) is 0 Å². The Morgan fingerprint density at radius 1 is 1.11 bits per heavy atom. The molecule has 13 heteroatoms. The second kappa shape index (κ2) is 11.8. The molecule has 0 aromatic heterocycles. The molecule has 1 unspecified atom stereocenters. The van der Waals surface area contributed by atoms with Crippen LogP contribution in [0.2, 0.25) is 5.02 Å². The molecule has 0 fully saturated rings. The predicted octanol–water partition coefficient (Wildman–Crippen LogP) is 0.763. The molecule has 0 spiro atoms. The average molecular weight is 542 g/mol. The van der Waals surface area contributed by atoms with Gasteiger partial charge in [-0.05, 0) is 37.1 Å². The molecule has 0 saturated carbocycles. The van der Waals surface area contributed by atoms with Crippen LogP contribution in [0.5, 0.6) is 0 Å². The van der Waals surface area contributed by atoms with Crippen LogP contribution in [0.25, 0.3) is 0 Å². The molecule has 0 saturated heterocycles. The van der Waals surface area contributed by atoms with E-state index < -0.39 is 75.6 Å². The van der Waals surface area contributed by atoms with Gasteiger partial charge >= 0.3 is 11.9 Å². The van der Waals surface area contributed by atoms with E-state index in [0.29, 0.717) is 10.6 Å². The van der Waals surface area contributed by atoms with Gasteiger partial charge in [0.2, 0.25) is 5.91 Å². The highest BCUT2D eigenvalue weighted by molar-refractivity contribution is 7.94. The number of carbonyl (C=O) groups excluding carboxylic acids is 2. The van der Waals surface area contributed by atoms with Crippen molar-refractivity contribution in [3.8, 4) is 0 Å². The fourth-order valence-corrected chi connectivity index (χ4v) is 5.51. The van der Waals surface area contributed by atoms with E-state index in [1.807, 2.05) is 0 Å². The Balaban J connectivity index is 2.39. The minimum atomic E-state index is -4.01. The summed E-state index contributed by atoms with van der Waals surface area (Å²) in [7, 11) is -4.01. The van der Waals surface area contributed by atoms with E-state index in [1.165, 1.54) is 49.4 Å². The summed E-state index contributed by atoms with van der Waals surface area (Å²) in [5, 5.41) is 21.5. The van der Waals surface area contributed by atoms with Crippen LogP contribution in [-0.4, -0.2) is 60.4 Å². The lowest BCUT2D eigenvalue weighted by Gasteiger charge is -2.38. The van der Waals surface area contributed by atoms with Gasteiger partial charge < -0.3 is 27.0 Å². The largest absolute Gasteiger partial charge is 0.480 e. The van der Waals surface area contributed by atoms with Crippen molar-refractivity contribution in [1.82, 2.24) is 5.32 Å². The maximum Gasteiger partial charge on any atom is 0.327 e. The van der Waals surface area contributed by atoms with Crippen LogP contribution in [0, 0.1) is 5.41 Å². The van der Waals surface area contributed by atoms with Crippen molar-refractivity contribution >= 4 is 45.1 Å². The maximum absolute atomic E-state index is 13.2. The number of hydrogen-bond acceptors (Lipinski definition) is 8. The molecule has 0 heterocycles. The molecular formula is C23H28ClN3O8S. The van der Waals surface area contributed by atoms with Gasteiger partial charge in [0.25, 0.3) is 0 Å². The zero-order valence-corrected chi connectivity index (χ0v) is 21.0. The summed E-state index contributed by atoms with van der Waals surface area (Å²) in [6, 6.07) is 1.70. The van der Waals surface area contributed by atoms with Crippen LogP contribution < -0.4 is 16.8 Å². The normalized spacial score (nSPS) is 20.1. The van der Waals surface area contributed by atoms with Crippen molar-refractivity contribution in [2.75, 3.05) is 0 Å². The van der Waals surface area contributed by atoms with Crippen LogP contribution in [-0.2, 0) is 34.8 Å². The molecule has 1 aromatic carbocycles. The number of rotatable bonds is 12. The van der Waals surface area contributed by atoms with E-state index in [-0.39, 0.29) is 11.3 Å². The number of carboxylic acids is 2. The van der Waals surface area contributed by atoms with Crippen molar-refractivity contribution in [3.05, 3.63) is 58.0 Å². The first-order chi connectivity index (χ1) is 16.7. The number of carbonyl (C=O) groups is 4. The number of benzene rings is 1. The molecule has 11 nitrogen and oxygen atoms in total. The Morgan fingerprint density at radius 2 is 1.72 bits per heavy atom. The number of nitrogens with one attached hydrogen (secondary N) is 1. The first-order valence-electron chi connectivity index (χ1n) is 10.9. The minimum absolute atomic E-state index is 0.206. The summed E-state index contributed by atoms with van der Waals surface area (Å²) < 4.78 is 26.4. The molecule has 4 atom stereocenters. The standard InChI is InChI=1S/C23H28ClN3O8S/c1-13(25)20(29)23(19(22(32)33)27-18(28)9-8-17(26)21(30)31)10-2-3-16(11-23)36(34,35)12-14-4-6-15(24)7-5-14/h2-7,10,13,17,19H,8-9,11-12,25-26H2,1H3,(H,27,28)(H,30,31)(H,32,33)/t13-,17-,19-,23?/m0/s1. The monoisotopic (exact) mass is 541 g/mol. The van der Waals surface area contributed by atoms with Gasteiger partial charge in [-0.3, -0.25) is 14.4 Å². The number of carboxylic acid groups (broad SMARTS) is 2. The Hall–Kier alpha value is -3.06. The molecule has 196 valence electrons. The summed E-state index contributed by atoms with van der Waals surface area (Å²) in [6.45, 7) is 1.32. The fourth-order valence-electron chi connectivity index (χ4n) is 3.83. The van der Waals surface area contributed by atoms with E-state index in [0.717, 1.165) is 0 Å². The van der Waals surface area contributed by atoms with Crippen molar-refractivity contribution in [1.29, 1.82) is 0 Å². The lowest BCUT2D eigenvalue weighted by molar-refractivity contribution is -0.149. The van der Waals surface area contributed by atoms with Gasteiger partial charge in [-0.15, -0.1) is 0 Å². The second-order valence-electron chi connectivity index (χ2n) is 8.57. The summed E-state index contributed by atoms with van der Waals surface area (Å²) in [4.78, 5) is 48.7. The molecule has 1 aromatic rings. The highest BCUT2D eigenvalue weighted by atomic mass is 35.5. The molecule has 0 bridgehead atoms. The number of amides is 1. The summed E-state index contributed by atoms with van der Waals surface area (Å²) in [6.07, 6.45) is 2.48. The highest BCUT2D eigenvalue weighted by Crippen LogP contribution is 2.40. The highest BCUT2D eigenvalue weighted by Gasteiger charge is 2.51. The molecule has 36 heavy (non-hydrogen) atoms. The van der Waals surface area contributed by atoms with E-state index in [9.17, 15) is 32.7 Å². The number of hydrogen-bond donors (Lipinski definition) is 5. The van der Waals surface area contributed by atoms with E-state index in [4.69, 9.17) is 28.2 Å². The quantitative estimate of drug-likeness (QED) is 0.251. The van der Waals surface area contributed by atoms with Crippen molar-refractivity contribution in [2.45, 2.75) is 50.1 Å². The predicted molar refractivity (Wildman–Crippen MR) is 131 cm³/mol. The van der Waals surface area contributed by atoms with Gasteiger partial charge in [0, 0.05) is 22.8 Å². The van der Waals surface area contributed by atoms with Gasteiger partial charge in [0.15, 0.2) is 15.6 Å². The lowest BCUT2D eigenvalue weighted by atomic mass is 9.69. The molecular weight excluding hydrogens is 514 g/mol. The SMILES string of the molecule is C[C@H](N)C(=O)C1([C@@H](NC(=O)CC[C@H](N)C(=O)O)C(=O)O)C=CC=C(S(=O)(=O)Cc2ccc(Cl)cc2)C1. The minimum Gasteiger partial charge on any atom is -0.480 e. The number of aliphatic carboxylic acids is 2. The number of Topliss-reactive ketones (excluding diaryl/α,β-unsaturated/α-hetero) is 1. The third-order valence-corrected chi connectivity index (χ3v) is 7.80. The Labute approximate surface area is 213 Å². The van der Waals surface area contributed by atoms with Gasteiger partial charge in [-0.1, -0.05) is 35.9 Å². The lowest BCUT2D eigenvalue weighted by Crippen LogP contribution is -2.59. The molecule has 0 radical (unpaired) electrons. The van der Waals surface area contributed by atoms with Crippen molar-refractivity contribution in [2.24, 2.45) is 16.9 Å². The molecule has 1 amide bonds. The first-order valence-corrected chi connectivity index (χ1v) is 12.9. The molecule has 2 rings (SSSR count). The fraction of sp³-hybridized carbons (Fsp3) is 0.391. The number of nitrogens with two attached hydrogens (primary N) is 2. The van der Waals surface area contributed by atoms with Crippen LogP contribution >= 0.6 is 11.6 Å². The maximum atomic E-state index is 13.2. The zero-order chi connectivity index (χ0) is 27.3. The smallest absolute Gasteiger partial charge is 0.327 e. The number of sulfone groups is 1. The Kier molecular flexibility index (Phi) is 9.55. The second-order valence-corrected chi connectivity index (χ2v) is 11.0. The topological polar surface area (TPSA) is 207 Å². The summed E-state index contributed by atoms with van der Waals surface area (Å²) in [5.74, 6) is -5.02. The van der Waals surface area contributed by atoms with Crippen molar-refractivity contribution < 1.29 is 37.8 Å². The van der Waals surface area contributed by atoms with Crippen LogP contribution in [0.3, 0.4) is 0 Å². The number of halogens is 1. The van der Waals surface area contributed by atoms with E-state index in [2.05, 4.69) is 5.32 Å². The van der Waals surface area contributed by atoms with Crippen LogP contribution in [0.15, 0.2) is 47.4 Å². The van der Waals surface area contributed by atoms with E-state index in [1.54, 1.807) is 0 Å². The van der Waals surface area contributed by atoms with Crippen LogP contribution in [0.1, 0.15) is 31.7 Å². The molecule has 1 aliphatic carbocycles. The summed E-state index contributed by atoms with van der Waals surface area (Å²) in [5.41, 5.74) is 9.60. The first kappa shape index (κ1) is 29.2. The third-order valence-electron chi connectivity index (χ3n) is 5.75. The number of ketones is 1. The van der Waals surface area contributed by atoms with Crippen molar-refractivity contribution in [3.63, 3.8) is 0 Å². The van der Waals surface area contributed by atoms with Crippen LogP contribution in [0.4, 0.5) is 0 Å². The Morgan fingerprint density at radius 3 is 2.25 bits per heavy atom. The zero-order valence-electron chi connectivity index (χ0n) is 19.4. The summed E-state index contributed by atoms with van der Waals surface area (Å²) >= 11 is 5.85. The van der Waals surface area contributed by atoms with E-state index >= 15 is 0 Å². The van der Waals surface area contributed by atoms with Gasteiger partial charge in [0.05, 0.1) is 17.2 Å². The number of allylic oxidation sites excluding steroid dienone is 3. The van der Waals surface area contributed by atoms with Gasteiger partial charge in [0.1, 0.15) is 12.1 Å². The molecule has 0 aliphatic heterocycles. The average Bonchev–Trinajstić information content (AvgIpc) is 2.81. The Bertz CT molecular complexity index is 1190. The van der Waals surface area contributed by atoms with Gasteiger partial charge in [-0.25, -0.2) is 13.2 Å². The molecule has 1 aliphatic rings. The molecule has 7 N–H and O–H groups in total.